The van der Waals surface area contributed by atoms with Crippen molar-refractivity contribution in [1.29, 1.82) is 0 Å². The molecule has 0 saturated heterocycles. The lowest BCUT2D eigenvalue weighted by Crippen LogP contribution is -2.32. The predicted octanol–water partition coefficient (Wildman–Crippen LogP) is 3.14. The largest absolute Gasteiger partial charge is 0.494 e. The Morgan fingerprint density at radius 1 is 1.19 bits per heavy atom. The van der Waals surface area contributed by atoms with Crippen molar-refractivity contribution in [2.45, 2.75) is 26.3 Å². The molecule has 138 valence electrons. The van der Waals surface area contributed by atoms with Gasteiger partial charge in [-0.1, -0.05) is 24.3 Å². The molecule has 2 rings (SSSR count). The average molecular weight is 358 g/mol. The highest BCUT2D eigenvalue weighted by atomic mass is 19.1. The van der Waals surface area contributed by atoms with Crippen LogP contribution in [0.3, 0.4) is 0 Å². The third kappa shape index (κ3) is 5.05. The second kappa shape index (κ2) is 8.99. The molecule has 0 heterocycles. The van der Waals surface area contributed by atoms with Gasteiger partial charge in [-0.3, -0.25) is 9.59 Å². The van der Waals surface area contributed by atoms with Gasteiger partial charge in [0.05, 0.1) is 13.2 Å². The smallest absolute Gasteiger partial charge is 0.251 e. The summed E-state index contributed by atoms with van der Waals surface area (Å²) in [6.07, 6.45) is 0.139. The molecule has 0 aliphatic carbocycles. The van der Waals surface area contributed by atoms with Crippen LogP contribution < -0.4 is 15.4 Å². The average Bonchev–Trinajstić information content (AvgIpc) is 2.61. The van der Waals surface area contributed by atoms with E-state index in [4.69, 9.17) is 4.74 Å². The highest BCUT2D eigenvalue weighted by molar-refractivity contribution is 5.95. The molecule has 5 nitrogen and oxygen atoms in total. The van der Waals surface area contributed by atoms with E-state index in [1.165, 1.54) is 19.2 Å². The van der Waals surface area contributed by atoms with E-state index < -0.39 is 5.82 Å². The number of rotatable bonds is 7. The standard InChI is InChI=1S/C20H23FN2O3/c1-13-6-4-5-7-16(13)20(25)22-11-10-19(24)23-14(2)15-8-9-18(26-3)17(21)12-15/h4-9,12,14H,10-11H2,1-3H3,(H,22,25)(H,23,24). The number of aryl methyl sites for hydroxylation is 1. The van der Waals surface area contributed by atoms with Crippen molar-refractivity contribution < 1.29 is 18.7 Å². The Balaban J connectivity index is 1.82. The van der Waals surface area contributed by atoms with Crippen LogP contribution in [0.5, 0.6) is 5.75 Å². The SMILES string of the molecule is COc1ccc(C(C)NC(=O)CCNC(=O)c2ccccc2C)cc1F. The maximum absolute atomic E-state index is 13.7. The molecule has 2 N–H and O–H groups in total. The summed E-state index contributed by atoms with van der Waals surface area (Å²) >= 11 is 0. The van der Waals surface area contributed by atoms with Gasteiger partial charge in [-0.25, -0.2) is 4.39 Å². The van der Waals surface area contributed by atoms with Crippen molar-refractivity contribution in [3.63, 3.8) is 0 Å². The van der Waals surface area contributed by atoms with Crippen LogP contribution in [0.25, 0.3) is 0 Å². The van der Waals surface area contributed by atoms with Gasteiger partial charge in [0.2, 0.25) is 5.91 Å². The minimum absolute atomic E-state index is 0.139. The second-order valence-corrected chi connectivity index (χ2v) is 6.00. The van der Waals surface area contributed by atoms with Gasteiger partial charge < -0.3 is 15.4 Å². The van der Waals surface area contributed by atoms with Gasteiger partial charge >= 0.3 is 0 Å². The number of hydrogen-bond acceptors (Lipinski definition) is 3. The Bertz CT molecular complexity index is 792. The lowest BCUT2D eigenvalue weighted by atomic mass is 10.1. The minimum atomic E-state index is -0.475. The van der Waals surface area contributed by atoms with Crippen molar-refractivity contribution in [3.8, 4) is 5.75 Å². The summed E-state index contributed by atoms with van der Waals surface area (Å²) < 4.78 is 18.6. The van der Waals surface area contributed by atoms with Crippen LogP contribution in [0, 0.1) is 12.7 Å². The maximum atomic E-state index is 13.7. The third-order valence-electron chi connectivity index (χ3n) is 4.08. The van der Waals surface area contributed by atoms with Crippen LogP contribution in [-0.4, -0.2) is 25.5 Å². The molecule has 0 saturated carbocycles. The number of carbonyl (C=O) groups excluding carboxylic acids is 2. The Hall–Kier alpha value is -2.89. The van der Waals surface area contributed by atoms with Crippen LogP contribution in [0.15, 0.2) is 42.5 Å². The first kappa shape index (κ1) is 19.4. The first-order valence-electron chi connectivity index (χ1n) is 8.39. The number of hydrogen-bond donors (Lipinski definition) is 2. The van der Waals surface area contributed by atoms with Gasteiger partial charge in [0.1, 0.15) is 0 Å². The summed E-state index contributed by atoms with van der Waals surface area (Å²) in [6.45, 7) is 3.85. The van der Waals surface area contributed by atoms with E-state index in [0.717, 1.165) is 5.56 Å². The molecule has 2 aromatic carbocycles. The molecule has 0 bridgehead atoms. The molecular formula is C20H23FN2O3. The van der Waals surface area contributed by atoms with E-state index in [2.05, 4.69) is 10.6 Å². The Morgan fingerprint density at radius 3 is 2.58 bits per heavy atom. The van der Waals surface area contributed by atoms with E-state index in [1.54, 1.807) is 25.1 Å². The lowest BCUT2D eigenvalue weighted by molar-refractivity contribution is -0.121. The zero-order chi connectivity index (χ0) is 19.1. The van der Waals surface area contributed by atoms with Crippen molar-refractivity contribution in [2.24, 2.45) is 0 Å². The number of halogens is 1. The van der Waals surface area contributed by atoms with Crippen molar-refractivity contribution >= 4 is 11.8 Å². The van der Waals surface area contributed by atoms with Gasteiger partial charge in [-0.15, -0.1) is 0 Å². The van der Waals surface area contributed by atoms with Gasteiger partial charge in [0, 0.05) is 18.5 Å². The molecule has 0 aliphatic rings. The molecule has 0 spiro atoms. The molecule has 2 amide bonds. The molecule has 1 unspecified atom stereocenters. The number of benzene rings is 2. The summed E-state index contributed by atoms with van der Waals surface area (Å²) in [5, 5.41) is 5.52. The minimum Gasteiger partial charge on any atom is -0.494 e. The maximum Gasteiger partial charge on any atom is 0.251 e. The zero-order valence-electron chi connectivity index (χ0n) is 15.1. The summed E-state index contributed by atoms with van der Waals surface area (Å²) in [7, 11) is 1.40. The highest BCUT2D eigenvalue weighted by Gasteiger charge is 2.13. The quantitative estimate of drug-likeness (QED) is 0.799. The fourth-order valence-corrected chi connectivity index (χ4v) is 2.56. The molecule has 1 atom stereocenters. The van der Waals surface area contributed by atoms with Crippen molar-refractivity contribution in [1.82, 2.24) is 10.6 Å². The van der Waals surface area contributed by atoms with Crippen LogP contribution in [0.2, 0.25) is 0 Å². The van der Waals surface area contributed by atoms with E-state index in [0.29, 0.717) is 11.1 Å². The monoisotopic (exact) mass is 358 g/mol. The van der Waals surface area contributed by atoms with E-state index in [9.17, 15) is 14.0 Å². The van der Waals surface area contributed by atoms with Gasteiger partial charge in [0.15, 0.2) is 11.6 Å². The molecule has 0 aromatic heterocycles. The van der Waals surface area contributed by atoms with Crippen molar-refractivity contribution in [2.75, 3.05) is 13.7 Å². The number of carbonyl (C=O) groups is 2. The fraction of sp³-hybridized carbons (Fsp3) is 0.300. The van der Waals surface area contributed by atoms with Crippen LogP contribution >= 0.6 is 0 Å². The van der Waals surface area contributed by atoms with Gasteiger partial charge in [-0.2, -0.15) is 0 Å². The molecular weight excluding hydrogens is 335 g/mol. The van der Waals surface area contributed by atoms with Crippen LogP contribution in [0.1, 0.15) is 40.9 Å². The van der Waals surface area contributed by atoms with Crippen molar-refractivity contribution in [3.05, 3.63) is 65.0 Å². The lowest BCUT2D eigenvalue weighted by Gasteiger charge is -2.15. The highest BCUT2D eigenvalue weighted by Crippen LogP contribution is 2.21. The molecule has 0 radical (unpaired) electrons. The van der Waals surface area contributed by atoms with Gasteiger partial charge in [0.25, 0.3) is 5.91 Å². The number of methoxy groups -OCH3 is 1. The van der Waals surface area contributed by atoms with E-state index >= 15 is 0 Å². The summed E-state index contributed by atoms with van der Waals surface area (Å²) in [5.74, 6) is -0.747. The molecule has 0 aliphatic heterocycles. The zero-order valence-corrected chi connectivity index (χ0v) is 15.1. The summed E-state index contributed by atoms with van der Waals surface area (Å²) in [6, 6.07) is 11.5. The van der Waals surface area contributed by atoms with Crippen LogP contribution in [-0.2, 0) is 4.79 Å². The van der Waals surface area contributed by atoms with E-state index in [-0.39, 0.29) is 36.6 Å². The predicted molar refractivity (Wildman–Crippen MR) is 97.6 cm³/mol. The summed E-state index contributed by atoms with van der Waals surface area (Å²) in [5.41, 5.74) is 2.11. The normalized spacial score (nSPS) is 11.5. The number of amides is 2. The molecule has 0 fully saturated rings. The number of nitrogens with one attached hydrogen (secondary N) is 2. The number of ether oxygens (including phenoxy) is 1. The van der Waals surface area contributed by atoms with E-state index in [1.807, 2.05) is 19.1 Å². The fourth-order valence-electron chi connectivity index (χ4n) is 2.56. The first-order valence-corrected chi connectivity index (χ1v) is 8.39. The molecule has 2 aromatic rings. The first-order chi connectivity index (χ1) is 12.4. The third-order valence-corrected chi connectivity index (χ3v) is 4.08. The second-order valence-electron chi connectivity index (χ2n) is 6.00. The molecule has 26 heavy (non-hydrogen) atoms. The van der Waals surface area contributed by atoms with Gasteiger partial charge in [-0.05, 0) is 43.2 Å². The molecule has 6 heteroatoms. The summed E-state index contributed by atoms with van der Waals surface area (Å²) in [4.78, 5) is 24.1. The van der Waals surface area contributed by atoms with Crippen LogP contribution in [0.4, 0.5) is 4.39 Å². The topological polar surface area (TPSA) is 67.4 Å². The Kier molecular flexibility index (Phi) is 6.72. The Morgan fingerprint density at radius 2 is 1.92 bits per heavy atom. The Labute approximate surface area is 152 Å².